The normalized spacial score (nSPS) is 14.8. The van der Waals surface area contributed by atoms with E-state index in [9.17, 15) is 14.4 Å². The first-order chi connectivity index (χ1) is 13.2. The second-order valence-electron chi connectivity index (χ2n) is 8.15. The molecule has 0 heterocycles. The molecule has 7 nitrogen and oxygen atoms in total. The molecule has 1 aliphatic rings. The Kier molecular flexibility index (Phi) is 7.84. The van der Waals surface area contributed by atoms with Gasteiger partial charge in [0, 0.05) is 18.2 Å². The highest BCUT2D eigenvalue weighted by Gasteiger charge is 2.20. The summed E-state index contributed by atoms with van der Waals surface area (Å²) in [5.74, 6) is -0.0701. The van der Waals surface area contributed by atoms with E-state index >= 15 is 0 Å². The average molecular weight is 389 g/mol. The van der Waals surface area contributed by atoms with Gasteiger partial charge >= 0.3 is 6.09 Å². The molecule has 0 saturated heterocycles. The van der Waals surface area contributed by atoms with Crippen molar-refractivity contribution in [1.29, 1.82) is 0 Å². The Morgan fingerprint density at radius 1 is 1.00 bits per heavy atom. The smallest absolute Gasteiger partial charge is 0.408 e. The Bertz CT molecular complexity index is 674. The molecule has 3 N–H and O–H groups in total. The second kappa shape index (κ2) is 10.1. The largest absolute Gasteiger partial charge is 0.444 e. The van der Waals surface area contributed by atoms with Crippen LogP contribution in [0.2, 0.25) is 0 Å². The lowest BCUT2D eigenvalue weighted by molar-refractivity contribution is -0.126. The van der Waals surface area contributed by atoms with E-state index in [2.05, 4.69) is 16.0 Å². The number of hydrogen-bond acceptors (Lipinski definition) is 4. The van der Waals surface area contributed by atoms with Gasteiger partial charge in [-0.05, 0) is 51.3 Å². The summed E-state index contributed by atoms with van der Waals surface area (Å²) in [6.45, 7) is 5.57. The molecule has 1 aromatic carbocycles. The van der Waals surface area contributed by atoms with Crippen LogP contribution in [0.5, 0.6) is 0 Å². The van der Waals surface area contributed by atoms with Crippen LogP contribution in [0.25, 0.3) is 0 Å². The van der Waals surface area contributed by atoms with E-state index in [1.165, 1.54) is 6.42 Å². The lowest BCUT2D eigenvalue weighted by atomic mass is 9.88. The number of carbonyl (C=O) groups is 3. The molecule has 1 aromatic rings. The van der Waals surface area contributed by atoms with E-state index in [-0.39, 0.29) is 24.3 Å². The number of carbonyl (C=O) groups excluding carboxylic acids is 3. The molecule has 0 aliphatic heterocycles. The third-order valence-electron chi connectivity index (χ3n) is 4.47. The molecular formula is C21H31N3O4. The summed E-state index contributed by atoms with van der Waals surface area (Å²) in [5, 5.41) is 8.11. The summed E-state index contributed by atoms with van der Waals surface area (Å²) >= 11 is 0. The molecule has 0 bridgehead atoms. The number of ether oxygens (including phenoxy) is 1. The van der Waals surface area contributed by atoms with Gasteiger partial charge in [0.15, 0.2) is 0 Å². The topological polar surface area (TPSA) is 96.5 Å². The fraction of sp³-hybridized carbons (Fsp3) is 0.571. The van der Waals surface area contributed by atoms with Gasteiger partial charge in [-0.1, -0.05) is 31.4 Å². The standard InChI is InChI=1S/C21H31N3O4/c1-21(2,3)28-20(27)23-14-18(25)24-17-11-9-15(10-12-17)13-22-19(26)16-7-5-4-6-8-16/h9-12,16H,4-8,13-14H2,1-3H3,(H,22,26)(H,23,27)(H,24,25). The van der Waals surface area contributed by atoms with E-state index in [1.54, 1.807) is 32.9 Å². The van der Waals surface area contributed by atoms with Crippen LogP contribution in [-0.4, -0.2) is 30.1 Å². The molecule has 0 radical (unpaired) electrons. The lowest BCUT2D eigenvalue weighted by Gasteiger charge is -2.20. The van der Waals surface area contributed by atoms with E-state index in [0.29, 0.717) is 12.2 Å². The third kappa shape index (κ3) is 7.98. The highest BCUT2D eigenvalue weighted by Crippen LogP contribution is 2.23. The maximum atomic E-state index is 12.2. The van der Waals surface area contributed by atoms with Gasteiger partial charge in [0.05, 0.1) is 0 Å². The zero-order chi connectivity index (χ0) is 20.6. The predicted molar refractivity (Wildman–Crippen MR) is 108 cm³/mol. The van der Waals surface area contributed by atoms with Crippen molar-refractivity contribution in [2.45, 2.75) is 65.0 Å². The minimum absolute atomic E-state index is 0.130. The number of nitrogens with one attached hydrogen (secondary N) is 3. The van der Waals surface area contributed by atoms with Crippen molar-refractivity contribution in [3.63, 3.8) is 0 Å². The molecule has 0 spiro atoms. The van der Waals surface area contributed by atoms with Crippen LogP contribution in [0, 0.1) is 5.92 Å². The van der Waals surface area contributed by atoms with Gasteiger partial charge in [-0.25, -0.2) is 4.79 Å². The number of alkyl carbamates (subject to hydrolysis) is 1. The van der Waals surface area contributed by atoms with Crippen LogP contribution in [0.4, 0.5) is 10.5 Å². The Labute approximate surface area is 166 Å². The van der Waals surface area contributed by atoms with Crippen molar-refractivity contribution in [2.24, 2.45) is 5.92 Å². The van der Waals surface area contributed by atoms with E-state index in [1.807, 2.05) is 12.1 Å². The van der Waals surface area contributed by atoms with Crippen LogP contribution < -0.4 is 16.0 Å². The first-order valence-corrected chi connectivity index (χ1v) is 9.86. The van der Waals surface area contributed by atoms with Gasteiger partial charge in [0.25, 0.3) is 0 Å². The van der Waals surface area contributed by atoms with Gasteiger partial charge in [-0.3, -0.25) is 9.59 Å². The van der Waals surface area contributed by atoms with Gasteiger partial charge < -0.3 is 20.7 Å². The van der Waals surface area contributed by atoms with E-state index < -0.39 is 11.7 Å². The molecule has 3 amide bonds. The molecular weight excluding hydrogens is 358 g/mol. The highest BCUT2D eigenvalue weighted by atomic mass is 16.6. The summed E-state index contributed by atoms with van der Waals surface area (Å²) in [4.78, 5) is 35.7. The molecule has 0 aromatic heterocycles. The molecule has 7 heteroatoms. The summed E-state index contributed by atoms with van der Waals surface area (Å²) in [6, 6.07) is 7.26. The molecule has 0 unspecified atom stereocenters. The second-order valence-corrected chi connectivity index (χ2v) is 8.15. The van der Waals surface area contributed by atoms with Crippen molar-refractivity contribution < 1.29 is 19.1 Å². The maximum absolute atomic E-state index is 12.2. The zero-order valence-electron chi connectivity index (χ0n) is 17.0. The molecule has 2 rings (SSSR count). The number of anilines is 1. The number of hydrogen-bond donors (Lipinski definition) is 3. The molecule has 1 fully saturated rings. The molecule has 28 heavy (non-hydrogen) atoms. The van der Waals surface area contributed by atoms with Gasteiger partial charge in [0.1, 0.15) is 12.1 Å². The van der Waals surface area contributed by atoms with E-state index in [4.69, 9.17) is 4.74 Å². The first kappa shape index (κ1) is 21.7. The van der Waals surface area contributed by atoms with Crippen LogP contribution in [0.3, 0.4) is 0 Å². The van der Waals surface area contributed by atoms with Gasteiger partial charge in [-0.15, -0.1) is 0 Å². The fourth-order valence-corrected chi connectivity index (χ4v) is 3.08. The lowest BCUT2D eigenvalue weighted by Crippen LogP contribution is -2.37. The van der Waals surface area contributed by atoms with Crippen LogP contribution in [0.15, 0.2) is 24.3 Å². The Morgan fingerprint density at radius 3 is 2.25 bits per heavy atom. The predicted octanol–water partition coefficient (Wildman–Crippen LogP) is 3.35. The van der Waals surface area contributed by atoms with Gasteiger partial charge in [0.2, 0.25) is 11.8 Å². The Hall–Kier alpha value is -2.57. The number of rotatable bonds is 6. The summed E-state index contributed by atoms with van der Waals surface area (Å²) in [7, 11) is 0. The third-order valence-corrected chi connectivity index (χ3v) is 4.47. The van der Waals surface area contributed by atoms with Crippen molar-refractivity contribution in [1.82, 2.24) is 10.6 Å². The van der Waals surface area contributed by atoms with Crippen molar-refractivity contribution in [2.75, 3.05) is 11.9 Å². The van der Waals surface area contributed by atoms with Crippen molar-refractivity contribution in [3.8, 4) is 0 Å². The summed E-state index contributed by atoms with van der Waals surface area (Å²) in [6.07, 6.45) is 4.82. The highest BCUT2D eigenvalue weighted by molar-refractivity contribution is 5.93. The quantitative estimate of drug-likeness (QED) is 0.695. The Morgan fingerprint density at radius 2 is 1.64 bits per heavy atom. The van der Waals surface area contributed by atoms with E-state index in [0.717, 1.165) is 31.2 Å². The average Bonchev–Trinajstić information content (AvgIpc) is 2.65. The van der Waals surface area contributed by atoms with Crippen LogP contribution in [0.1, 0.15) is 58.4 Å². The number of benzene rings is 1. The fourth-order valence-electron chi connectivity index (χ4n) is 3.08. The minimum Gasteiger partial charge on any atom is -0.444 e. The van der Waals surface area contributed by atoms with Crippen molar-refractivity contribution >= 4 is 23.6 Å². The molecule has 1 saturated carbocycles. The molecule has 1 aliphatic carbocycles. The Balaban J connectivity index is 1.72. The van der Waals surface area contributed by atoms with Crippen LogP contribution in [-0.2, 0) is 20.9 Å². The summed E-state index contributed by atoms with van der Waals surface area (Å²) in [5.41, 5.74) is 0.982. The van der Waals surface area contributed by atoms with Crippen LogP contribution >= 0.6 is 0 Å². The first-order valence-electron chi connectivity index (χ1n) is 9.86. The SMILES string of the molecule is CC(C)(C)OC(=O)NCC(=O)Nc1ccc(CNC(=O)C2CCCCC2)cc1. The van der Waals surface area contributed by atoms with Gasteiger partial charge in [-0.2, -0.15) is 0 Å². The monoisotopic (exact) mass is 389 g/mol. The minimum atomic E-state index is -0.633. The molecule has 0 atom stereocenters. The molecule has 154 valence electrons. The summed E-state index contributed by atoms with van der Waals surface area (Å²) < 4.78 is 5.08. The maximum Gasteiger partial charge on any atom is 0.408 e. The zero-order valence-corrected chi connectivity index (χ0v) is 17.0. The number of amides is 3. The van der Waals surface area contributed by atoms with Crippen molar-refractivity contribution in [3.05, 3.63) is 29.8 Å².